The molecule has 0 spiro atoms. The zero-order valence-electron chi connectivity index (χ0n) is 15.8. The van der Waals surface area contributed by atoms with Gasteiger partial charge in [-0.2, -0.15) is 4.98 Å². The third kappa shape index (κ3) is 5.77. The highest BCUT2D eigenvalue weighted by Gasteiger charge is 2.11. The molecule has 5 N–H and O–H groups in total. The summed E-state index contributed by atoms with van der Waals surface area (Å²) in [6, 6.07) is 13.4. The van der Waals surface area contributed by atoms with E-state index < -0.39 is 18.4 Å². The molecule has 0 unspecified atom stereocenters. The first-order chi connectivity index (χ1) is 14.4. The van der Waals surface area contributed by atoms with Gasteiger partial charge in [0.15, 0.2) is 18.2 Å². The van der Waals surface area contributed by atoms with Crippen molar-refractivity contribution in [1.29, 1.82) is 0 Å². The normalized spacial score (nSPS) is 10.5. The number of aliphatic carboxylic acids is 1. The second kappa shape index (κ2) is 9.49. The zero-order chi connectivity index (χ0) is 21.5. The lowest BCUT2D eigenvalue weighted by Crippen LogP contribution is -2.21. The largest absolute Gasteiger partial charge is 0.482 e. The number of ether oxygens (including phenoxy) is 1. The summed E-state index contributed by atoms with van der Waals surface area (Å²) < 4.78 is 19.4. The summed E-state index contributed by atoms with van der Waals surface area (Å²) in [6.07, 6.45) is 1.01. The van der Waals surface area contributed by atoms with Crippen molar-refractivity contribution >= 4 is 34.8 Å². The molecule has 0 bridgehead atoms. The summed E-state index contributed by atoms with van der Waals surface area (Å²) in [4.78, 5) is 18.7. The SMILES string of the molecule is CN(O)Nc1ccccc1Nc1nc(Nc2cccc(OCC(=O)O)c2)ncc1F. The monoisotopic (exact) mass is 414 g/mol. The molecule has 0 radical (unpaired) electrons. The minimum Gasteiger partial charge on any atom is -0.482 e. The van der Waals surface area contributed by atoms with E-state index >= 15 is 0 Å². The summed E-state index contributed by atoms with van der Waals surface area (Å²) in [7, 11) is 1.40. The van der Waals surface area contributed by atoms with Crippen molar-refractivity contribution < 1.29 is 24.2 Å². The number of nitrogens with one attached hydrogen (secondary N) is 3. The third-order valence-corrected chi connectivity index (χ3v) is 3.66. The minimum absolute atomic E-state index is 0.0828. The third-order valence-electron chi connectivity index (χ3n) is 3.66. The van der Waals surface area contributed by atoms with E-state index in [0.717, 1.165) is 11.4 Å². The van der Waals surface area contributed by atoms with Crippen LogP contribution in [0.5, 0.6) is 5.75 Å². The number of hydrazine groups is 1. The van der Waals surface area contributed by atoms with Crippen LogP contribution in [0.15, 0.2) is 54.7 Å². The van der Waals surface area contributed by atoms with E-state index in [1.54, 1.807) is 48.5 Å². The number of carboxylic acid groups (broad SMARTS) is 1. The Labute approximate surface area is 170 Å². The fourth-order valence-electron chi connectivity index (χ4n) is 2.44. The van der Waals surface area contributed by atoms with Crippen molar-refractivity contribution in [2.75, 3.05) is 29.7 Å². The van der Waals surface area contributed by atoms with Gasteiger partial charge in [0.25, 0.3) is 0 Å². The maximum absolute atomic E-state index is 14.3. The van der Waals surface area contributed by atoms with Gasteiger partial charge in [-0.15, -0.1) is 5.17 Å². The van der Waals surface area contributed by atoms with Crippen LogP contribution >= 0.6 is 0 Å². The Morgan fingerprint density at radius 1 is 1.17 bits per heavy atom. The summed E-state index contributed by atoms with van der Waals surface area (Å²) in [5, 5.41) is 24.6. The molecule has 0 aliphatic rings. The summed E-state index contributed by atoms with van der Waals surface area (Å²) in [5.41, 5.74) is 4.19. The van der Waals surface area contributed by atoms with Crippen LogP contribution in [0, 0.1) is 5.82 Å². The van der Waals surface area contributed by atoms with Crippen molar-refractivity contribution in [2.24, 2.45) is 0 Å². The highest BCUT2D eigenvalue weighted by atomic mass is 19.1. The first-order valence-corrected chi connectivity index (χ1v) is 8.70. The Morgan fingerprint density at radius 3 is 2.67 bits per heavy atom. The molecule has 30 heavy (non-hydrogen) atoms. The molecule has 1 aromatic heterocycles. The fraction of sp³-hybridized carbons (Fsp3) is 0.105. The average molecular weight is 414 g/mol. The first kappa shape index (κ1) is 20.8. The minimum atomic E-state index is -1.09. The van der Waals surface area contributed by atoms with E-state index in [1.807, 2.05) is 0 Å². The summed E-state index contributed by atoms with van der Waals surface area (Å²) >= 11 is 0. The number of rotatable bonds is 9. The van der Waals surface area contributed by atoms with Gasteiger partial charge in [0, 0.05) is 18.8 Å². The van der Waals surface area contributed by atoms with E-state index in [-0.39, 0.29) is 11.8 Å². The number of carboxylic acids is 1. The van der Waals surface area contributed by atoms with Crippen molar-refractivity contribution in [2.45, 2.75) is 0 Å². The Morgan fingerprint density at radius 2 is 1.93 bits per heavy atom. The van der Waals surface area contributed by atoms with Gasteiger partial charge in [-0.05, 0) is 24.3 Å². The van der Waals surface area contributed by atoms with E-state index in [1.165, 1.54) is 7.05 Å². The maximum atomic E-state index is 14.3. The number of hydroxylamine groups is 1. The Kier molecular flexibility index (Phi) is 6.57. The van der Waals surface area contributed by atoms with Crippen molar-refractivity contribution in [1.82, 2.24) is 15.1 Å². The second-order valence-corrected chi connectivity index (χ2v) is 6.03. The molecule has 0 atom stereocenters. The quantitative estimate of drug-likeness (QED) is 0.333. The molecule has 0 fully saturated rings. The predicted molar refractivity (Wildman–Crippen MR) is 108 cm³/mol. The molecule has 0 saturated carbocycles. The summed E-state index contributed by atoms with van der Waals surface area (Å²) in [6.45, 7) is -0.471. The second-order valence-electron chi connectivity index (χ2n) is 6.03. The highest BCUT2D eigenvalue weighted by molar-refractivity contribution is 5.73. The van der Waals surface area contributed by atoms with Crippen LogP contribution in [0.2, 0.25) is 0 Å². The predicted octanol–water partition coefficient (Wildman–Crippen LogP) is 3.21. The van der Waals surface area contributed by atoms with Crippen LogP contribution in [0.1, 0.15) is 0 Å². The Bertz CT molecular complexity index is 1030. The van der Waals surface area contributed by atoms with Crippen LogP contribution < -0.4 is 20.8 Å². The van der Waals surface area contributed by atoms with E-state index in [4.69, 9.17) is 9.84 Å². The number of hydrogen-bond donors (Lipinski definition) is 5. The van der Waals surface area contributed by atoms with Crippen LogP contribution in [0.3, 0.4) is 0 Å². The number of benzene rings is 2. The van der Waals surface area contributed by atoms with Gasteiger partial charge < -0.3 is 20.5 Å². The lowest BCUT2D eigenvalue weighted by atomic mass is 10.2. The number of para-hydroxylation sites is 2. The van der Waals surface area contributed by atoms with Crippen molar-refractivity contribution in [3.63, 3.8) is 0 Å². The van der Waals surface area contributed by atoms with Crippen LogP contribution in [0.25, 0.3) is 0 Å². The number of nitrogens with zero attached hydrogens (tertiary/aromatic N) is 3. The molecule has 0 saturated heterocycles. The van der Waals surface area contributed by atoms with Crippen LogP contribution in [-0.4, -0.2) is 45.1 Å². The van der Waals surface area contributed by atoms with Crippen LogP contribution in [0.4, 0.5) is 33.2 Å². The van der Waals surface area contributed by atoms with Crippen LogP contribution in [-0.2, 0) is 4.79 Å². The molecular weight excluding hydrogens is 395 g/mol. The van der Waals surface area contributed by atoms with Gasteiger partial charge >= 0.3 is 5.97 Å². The fourth-order valence-corrected chi connectivity index (χ4v) is 2.44. The number of aromatic nitrogens is 2. The lowest BCUT2D eigenvalue weighted by Gasteiger charge is -2.16. The molecule has 11 heteroatoms. The number of halogens is 1. The molecule has 10 nitrogen and oxygen atoms in total. The summed E-state index contributed by atoms with van der Waals surface area (Å²) in [5.74, 6) is -1.39. The van der Waals surface area contributed by atoms with Gasteiger partial charge in [0.05, 0.1) is 17.6 Å². The molecule has 0 amide bonds. The van der Waals surface area contributed by atoms with E-state index in [0.29, 0.717) is 22.8 Å². The molecule has 3 rings (SSSR count). The molecule has 3 aromatic rings. The maximum Gasteiger partial charge on any atom is 0.341 e. The lowest BCUT2D eigenvalue weighted by molar-refractivity contribution is -0.139. The van der Waals surface area contributed by atoms with Gasteiger partial charge in [0.2, 0.25) is 5.95 Å². The number of carbonyl (C=O) groups is 1. The molecule has 0 aliphatic heterocycles. The topological polar surface area (TPSA) is 132 Å². The van der Waals surface area contributed by atoms with Gasteiger partial charge in [0.1, 0.15) is 5.75 Å². The van der Waals surface area contributed by atoms with Crippen molar-refractivity contribution in [3.8, 4) is 5.75 Å². The number of hydrogen-bond acceptors (Lipinski definition) is 9. The molecule has 156 valence electrons. The Balaban J connectivity index is 1.78. The molecular formula is C19H19FN6O4. The number of anilines is 5. The standard InChI is InChI=1S/C19H19FN6O4/c1-26(29)25-16-8-3-2-7-15(16)23-18-14(20)10-21-19(24-18)22-12-5-4-6-13(9-12)30-11-17(27)28/h2-10,25,29H,11H2,1H3,(H,27,28)(H2,21,22,23,24). The van der Waals surface area contributed by atoms with Gasteiger partial charge in [-0.25, -0.2) is 14.2 Å². The molecule has 1 heterocycles. The van der Waals surface area contributed by atoms with E-state index in [9.17, 15) is 14.4 Å². The first-order valence-electron chi connectivity index (χ1n) is 8.70. The average Bonchev–Trinajstić information content (AvgIpc) is 2.70. The van der Waals surface area contributed by atoms with Crippen molar-refractivity contribution in [3.05, 3.63) is 60.5 Å². The highest BCUT2D eigenvalue weighted by Crippen LogP contribution is 2.27. The zero-order valence-corrected chi connectivity index (χ0v) is 15.8. The smallest absolute Gasteiger partial charge is 0.341 e. The molecule has 2 aromatic carbocycles. The van der Waals surface area contributed by atoms with Gasteiger partial charge in [-0.1, -0.05) is 18.2 Å². The van der Waals surface area contributed by atoms with E-state index in [2.05, 4.69) is 26.0 Å². The Hall–Kier alpha value is -3.96. The van der Waals surface area contributed by atoms with Gasteiger partial charge in [-0.3, -0.25) is 10.6 Å². The molecule has 0 aliphatic carbocycles.